The van der Waals surface area contributed by atoms with E-state index < -0.39 is 15.9 Å². The van der Waals surface area contributed by atoms with E-state index in [0.29, 0.717) is 12.2 Å². The first-order chi connectivity index (χ1) is 11.8. The molecule has 134 valence electrons. The molecule has 0 aromatic heterocycles. The Morgan fingerprint density at radius 2 is 1.68 bits per heavy atom. The van der Waals surface area contributed by atoms with Crippen molar-refractivity contribution in [2.24, 2.45) is 0 Å². The fourth-order valence-corrected chi connectivity index (χ4v) is 3.04. The molecule has 0 saturated heterocycles. The molecule has 1 amide bonds. The first-order valence-corrected chi connectivity index (χ1v) is 10.0. The number of carbonyl (C=O) groups excluding carboxylic acids is 1. The van der Waals surface area contributed by atoms with Gasteiger partial charge in [-0.05, 0) is 43.2 Å². The maximum Gasteiger partial charge on any atom is 0.261 e. The van der Waals surface area contributed by atoms with Crippen molar-refractivity contribution in [1.29, 1.82) is 0 Å². The summed E-state index contributed by atoms with van der Waals surface area (Å²) in [4.78, 5) is 12.6. The van der Waals surface area contributed by atoms with E-state index in [1.807, 2.05) is 25.1 Å². The number of carbonyl (C=O) groups is 1. The second-order valence-electron chi connectivity index (χ2n) is 5.88. The molecule has 0 saturated carbocycles. The monoisotopic (exact) mass is 361 g/mol. The SMILES string of the molecule is CC[C@H](NC(=O)[C@H](C)Oc1ccccc1)c1ccc(S(C)(=O)=O)cc1. The summed E-state index contributed by atoms with van der Waals surface area (Å²) in [6, 6.07) is 15.5. The van der Waals surface area contributed by atoms with Gasteiger partial charge in [0.25, 0.3) is 5.91 Å². The van der Waals surface area contributed by atoms with Crippen molar-refractivity contribution in [3.8, 4) is 5.75 Å². The molecule has 1 N–H and O–H groups in total. The molecule has 0 bridgehead atoms. The quantitative estimate of drug-likeness (QED) is 0.822. The average Bonchev–Trinajstić information content (AvgIpc) is 2.59. The van der Waals surface area contributed by atoms with Gasteiger partial charge in [-0.2, -0.15) is 0 Å². The summed E-state index contributed by atoms with van der Waals surface area (Å²) < 4.78 is 28.7. The molecular formula is C19H23NO4S. The number of amides is 1. The first kappa shape index (κ1) is 19.0. The van der Waals surface area contributed by atoms with Gasteiger partial charge in [-0.25, -0.2) is 8.42 Å². The zero-order valence-electron chi connectivity index (χ0n) is 14.6. The van der Waals surface area contributed by atoms with Crippen molar-refractivity contribution in [2.45, 2.75) is 37.3 Å². The number of hydrogen-bond donors (Lipinski definition) is 1. The lowest BCUT2D eigenvalue weighted by molar-refractivity contribution is -0.128. The van der Waals surface area contributed by atoms with Gasteiger partial charge in [0, 0.05) is 6.26 Å². The van der Waals surface area contributed by atoms with Gasteiger partial charge in [0.1, 0.15) is 5.75 Å². The summed E-state index contributed by atoms with van der Waals surface area (Å²) in [7, 11) is -3.23. The second-order valence-corrected chi connectivity index (χ2v) is 7.90. The summed E-state index contributed by atoms with van der Waals surface area (Å²) in [5.74, 6) is 0.415. The van der Waals surface area contributed by atoms with Crippen LogP contribution in [0, 0.1) is 0 Å². The molecule has 2 aromatic carbocycles. The van der Waals surface area contributed by atoms with Crippen LogP contribution in [0.15, 0.2) is 59.5 Å². The van der Waals surface area contributed by atoms with Crippen molar-refractivity contribution < 1.29 is 17.9 Å². The maximum absolute atomic E-state index is 12.4. The van der Waals surface area contributed by atoms with Crippen molar-refractivity contribution in [3.63, 3.8) is 0 Å². The third kappa shape index (κ3) is 5.32. The van der Waals surface area contributed by atoms with E-state index in [2.05, 4.69) is 5.32 Å². The van der Waals surface area contributed by atoms with Gasteiger partial charge in [-0.15, -0.1) is 0 Å². The van der Waals surface area contributed by atoms with Crippen LogP contribution >= 0.6 is 0 Å². The third-order valence-electron chi connectivity index (χ3n) is 3.86. The molecule has 2 atom stereocenters. The molecule has 0 fully saturated rings. The summed E-state index contributed by atoms with van der Waals surface area (Å²) in [6.45, 7) is 3.65. The first-order valence-electron chi connectivity index (χ1n) is 8.13. The number of ether oxygens (including phenoxy) is 1. The Morgan fingerprint density at radius 3 is 2.20 bits per heavy atom. The van der Waals surface area contributed by atoms with Crippen LogP contribution in [0.4, 0.5) is 0 Å². The molecule has 0 radical (unpaired) electrons. The Kier molecular flexibility index (Phi) is 6.20. The summed E-state index contributed by atoms with van der Waals surface area (Å²) in [5.41, 5.74) is 0.857. The molecule has 0 unspecified atom stereocenters. The van der Waals surface area contributed by atoms with Gasteiger partial charge in [-0.1, -0.05) is 37.3 Å². The Balaban J connectivity index is 2.04. The Hall–Kier alpha value is -2.34. The van der Waals surface area contributed by atoms with Crippen LogP contribution in [-0.2, 0) is 14.6 Å². The molecule has 0 aliphatic rings. The number of para-hydroxylation sites is 1. The zero-order valence-corrected chi connectivity index (χ0v) is 15.4. The van der Waals surface area contributed by atoms with Crippen LogP contribution in [0.2, 0.25) is 0 Å². The molecule has 0 aliphatic heterocycles. The highest BCUT2D eigenvalue weighted by atomic mass is 32.2. The normalized spacial score (nSPS) is 13.7. The van der Waals surface area contributed by atoms with Crippen molar-refractivity contribution >= 4 is 15.7 Å². The molecule has 0 spiro atoms. The van der Waals surface area contributed by atoms with Gasteiger partial charge in [-0.3, -0.25) is 4.79 Å². The van der Waals surface area contributed by atoms with Crippen LogP contribution in [-0.4, -0.2) is 26.7 Å². The van der Waals surface area contributed by atoms with Crippen LogP contribution in [0.25, 0.3) is 0 Å². The van der Waals surface area contributed by atoms with Crippen LogP contribution in [0.5, 0.6) is 5.75 Å². The molecular weight excluding hydrogens is 338 g/mol. The van der Waals surface area contributed by atoms with E-state index in [1.165, 1.54) is 6.26 Å². The predicted molar refractivity (Wildman–Crippen MR) is 97.3 cm³/mol. The largest absolute Gasteiger partial charge is 0.481 e. The summed E-state index contributed by atoms with van der Waals surface area (Å²) in [5, 5.41) is 2.95. The molecule has 2 rings (SSSR count). The fourth-order valence-electron chi connectivity index (χ4n) is 2.41. The molecule has 2 aromatic rings. The van der Waals surface area contributed by atoms with Crippen LogP contribution in [0.3, 0.4) is 0 Å². The molecule has 0 heterocycles. The summed E-state index contributed by atoms with van der Waals surface area (Å²) in [6.07, 6.45) is 1.22. The molecule has 6 heteroatoms. The predicted octanol–water partition coefficient (Wildman–Crippen LogP) is 3.12. The lowest BCUT2D eigenvalue weighted by Gasteiger charge is -2.21. The highest BCUT2D eigenvalue weighted by Gasteiger charge is 2.19. The van der Waals surface area contributed by atoms with Crippen LogP contribution < -0.4 is 10.1 Å². The fraction of sp³-hybridized carbons (Fsp3) is 0.316. The zero-order chi connectivity index (χ0) is 18.4. The van der Waals surface area contributed by atoms with E-state index >= 15 is 0 Å². The van der Waals surface area contributed by atoms with Gasteiger partial charge in [0.15, 0.2) is 15.9 Å². The highest BCUT2D eigenvalue weighted by molar-refractivity contribution is 7.90. The van der Waals surface area contributed by atoms with Gasteiger partial charge in [0.2, 0.25) is 0 Å². The molecule has 0 aliphatic carbocycles. The van der Waals surface area contributed by atoms with Crippen molar-refractivity contribution in [3.05, 3.63) is 60.2 Å². The highest BCUT2D eigenvalue weighted by Crippen LogP contribution is 2.20. The Labute approximate surface area is 148 Å². The Morgan fingerprint density at radius 1 is 1.08 bits per heavy atom. The number of nitrogens with one attached hydrogen (secondary N) is 1. The second kappa shape index (κ2) is 8.16. The smallest absolute Gasteiger partial charge is 0.261 e. The van der Waals surface area contributed by atoms with Gasteiger partial charge < -0.3 is 10.1 Å². The minimum absolute atomic E-state index is 0.206. The van der Waals surface area contributed by atoms with E-state index in [1.54, 1.807) is 43.3 Å². The number of benzene rings is 2. The van der Waals surface area contributed by atoms with E-state index in [0.717, 1.165) is 5.56 Å². The average molecular weight is 361 g/mol. The van der Waals surface area contributed by atoms with Gasteiger partial charge >= 0.3 is 0 Å². The van der Waals surface area contributed by atoms with E-state index in [9.17, 15) is 13.2 Å². The summed E-state index contributed by atoms with van der Waals surface area (Å²) >= 11 is 0. The number of hydrogen-bond acceptors (Lipinski definition) is 4. The van der Waals surface area contributed by atoms with Crippen molar-refractivity contribution in [1.82, 2.24) is 5.32 Å². The lowest BCUT2D eigenvalue weighted by Crippen LogP contribution is -2.38. The maximum atomic E-state index is 12.4. The minimum Gasteiger partial charge on any atom is -0.481 e. The number of rotatable bonds is 7. The van der Waals surface area contributed by atoms with E-state index in [-0.39, 0.29) is 16.8 Å². The topological polar surface area (TPSA) is 72.5 Å². The standard InChI is InChI=1S/C19H23NO4S/c1-4-18(15-10-12-17(13-11-15)25(3,22)23)20-19(21)14(2)24-16-8-6-5-7-9-16/h5-14,18H,4H2,1-3H3,(H,20,21)/t14-,18-/m0/s1. The Bertz CT molecular complexity index is 801. The third-order valence-corrected chi connectivity index (χ3v) is 4.99. The van der Waals surface area contributed by atoms with Crippen molar-refractivity contribution in [2.75, 3.05) is 6.26 Å². The molecule has 5 nitrogen and oxygen atoms in total. The minimum atomic E-state index is -3.23. The lowest BCUT2D eigenvalue weighted by atomic mass is 10.0. The van der Waals surface area contributed by atoms with E-state index in [4.69, 9.17) is 4.74 Å². The van der Waals surface area contributed by atoms with Crippen LogP contribution in [0.1, 0.15) is 31.9 Å². The number of sulfone groups is 1. The molecule has 25 heavy (non-hydrogen) atoms. The van der Waals surface area contributed by atoms with Gasteiger partial charge in [0.05, 0.1) is 10.9 Å².